The Morgan fingerprint density at radius 2 is 1.66 bits per heavy atom. The van der Waals surface area contributed by atoms with Crippen molar-refractivity contribution in [3.63, 3.8) is 0 Å². The summed E-state index contributed by atoms with van der Waals surface area (Å²) in [5.41, 5.74) is 3.85. The highest BCUT2D eigenvalue weighted by molar-refractivity contribution is 6.09. The number of unbranched alkanes of at least 4 members (excludes halogenated alkanes) is 1. The van der Waals surface area contributed by atoms with Crippen molar-refractivity contribution >= 4 is 16.7 Å². The molecule has 0 aliphatic heterocycles. The molecule has 0 bridgehead atoms. The Morgan fingerprint density at radius 1 is 0.966 bits per heavy atom. The molecule has 3 aromatic rings. The lowest BCUT2D eigenvalue weighted by atomic mass is 9.98. The molecule has 29 heavy (non-hydrogen) atoms. The van der Waals surface area contributed by atoms with E-state index in [0.29, 0.717) is 12.1 Å². The highest BCUT2D eigenvalue weighted by Crippen LogP contribution is 2.30. The van der Waals surface area contributed by atoms with Gasteiger partial charge in [-0.2, -0.15) is 0 Å². The minimum atomic E-state index is -0.0483. The van der Waals surface area contributed by atoms with Crippen molar-refractivity contribution in [1.29, 1.82) is 0 Å². The van der Waals surface area contributed by atoms with Crippen molar-refractivity contribution in [2.75, 3.05) is 26.2 Å². The van der Waals surface area contributed by atoms with E-state index >= 15 is 0 Å². The smallest absolute Gasteiger partial charge is 0.253 e. The molecule has 0 radical (unpaired) electrons. The van der Waals surface area contributed by atoms with Gasteiger partial charge in [0.15, 0.2) is 0 Å². The summed E-state index contributed by atoms with van der Waals surface area (Å²) in [6.45, 7) is 10.4. The monoisotopic (exact) mass is 389 g/mol. The van der Waals surface area contributed by atoms with Crippen LogP contribution in [0.15, 0.2) is 54.7 Å². The third-order valence-corrected chi connectivity index (χ3v) is 5.52. The summed E-state index contributed by atoms with van der Waals surface area (Å²) in [4.78, 5) is 19.9. The van der Waals surface area contributed by atoms with Crippen LogP contribution in [0.1, 0.15) is 42.6 Å². The van der Waals surface area contributed by atoms with Crippen molar-refractivity contribution in [2.24, 2.45) is 0 Å². The molecule has 0 aliphatic carbocycles. The lowest BCUT2D eigenvalue weighted by molar-refractivity contribution is 0.0954. The second-order valence-electron chi connectivity index (χ2n) is 7.37. The molecule has 0 unspecified atom stereocenters. The Morgan fingerprint density at radius 3 is 2.38 bits per heavy atom. The first-order chi connectivity index (χ1) is 14.2. The Hall–Kier alpha value is -2.72. The SMILES string of the molecule is CCN(CC)CCCCNC(=O)c1cnc(-c2ccccc2C)c2ccccc12. The molecule has 4 nitrogen and oxygen atoms in total. The molecule has 1 aromatic heterocycles. The molecular weight excluding hydrogens is 358 g/mol. The van der Waals surface area contributed by atoms with E-state index in [0.717, 1.165) is 54.5 Å². The highest BCUT2D eigenvalue weighted by atomic mass is 16.1. The quantitative estimate of drug-likeness (QED) is 0.520. The molecule has 1 heterocycles. The maximum absolute atomic E-state index is 12.8. The van der Waals surface area contributed by atoms with Gasteiger partial charge in [0, 0.05) is 23.7 Å². The van der Waals surface area contributed by atoms with Gasteiger partial charge in [0.05, 0.1) is 11.3 Å². The van der Waals surface area contributed by atoms with Crippen LogP contribution < -0.4 is 5.32 Å². The first-order valence-corrected chi connectivity index (χ1v) is 10.6. The third kappa shape index (κ3) is 5.01. The Balaban J connectivity index is 1.75. The number of fused-ring (bicyclic) bond motifs is 1. The molecule has 3 rings (SSSR count). The maximum Gasteiger partial charge on any atom is 0.253 e. The van der Waals surface area contributed by atoms with E-state index in [1.165, 1.54) is 5.56 Å². The summed E-state index contributed by atoms with van der Waals surface area (Å²) in [6, 6.07) is 16.3. The number of hydrogen-bond donors (Lipinski definition) is 1. The molecular formula is C25H31N3O. The third-order valence-electron chi connectivity index (χ3n) is 5.52. The van der Waals surface area contributed by atoms with Crippen LogP contribution in [0, 0.1) is 6.92 Å². The Kier molecular flexibility index (Phi) is 7.36. The van der Waals surface area contributed by atoms with Crippen LogP contribution in [0.4, 0.5) is 0 Å². The van der Waals surface area contributed by atoms with Crippen LogP contribution in [-0.4, -0.2) is 42.0 Å². The van der Waals surface area contributed by atoms with Crippen LogP contribution in [0.2, 0.25) is 0 Å². The highest BCUT2D eigenvalue weighted by Gasteiger charge is 2.15. The summed E-state index contributed by atoms with van der Waals surface area (Å²) < 4.78 is 0. The summed E-state index contributed by atoms with van der Waals surface area (Å²) in [7, 11) is 0. The fourth-order valence-corrected chi connectivity index (χ4v) is 3.72. The van der Waals surface area contributed by atoms with E-state index in [4.69, 9.17) is 0 Å². The zero-order valence-electron chi connectivity index (χ0n) is 17.7. The summed E-state index contributed by atoms with van der Waals surface area (Å²) in [5.74, 6) is -0.0483. The lowest BCUT2D eigenvalue weighted by Gasteiger charge is -2.17. The maximum atomic E-state index is 12.8. The minimum Gasteiger partial charge on any atom is -0.352 e. The van der Waals surface area contributed by atoms with E-state index < -0.39 is 0 Å². The number of rotatable bonds is 9. The average Bonchev–Trinajstić information content (AvgIpc) is 2.76. The van der Waals surface area contributed by atoms with Gasteiger partial charge < -0.3 is 10.2 Å². The number of benzene rings is 2. The number of aromatic nitrogens is 1. The van der Waals surface area contributed by atoms with Crippen LogP contribution in [0.5, 0.6) is 0 Å². The second kappa shape index (κ2) is 10.2. The topological polar surface area (TPSA) is 45.2 Å². The van der Waals surface area contributed by atoms with E-state index in [-0.39, 0.29) is 5.91 Å². The number of carbonyl (C=O) groups excluding carboxylic acids is 1. The zero-order valence-corrected chi connectivity index (χ0v) is 17.7. The van der Waals surface area contributed by atoms with Crippen LogP contribution in [0.25, 0.3) is 22.0 Å². The van der Waals surface area contributed by atoms with Crippen LogP contribution >= 0.6 is 0 Å². The molecule has 0 atom stereocenters. The van der Waals surface area contributed by atoms with E-state index in [1.807, 2.05) is 36.4 Å². The molecule has 4 heteroatoms. The molecule has 1 amide bonds. The Bertz CT molecular complexity index is 963. The summed E-state index contributed by atoms with van der Waals surface area (Å²) in [6.07, 6.45) is 3.79. The number of aryl methyl sites for hydroxylation is 1. The normalized spacial score (nSPS) is 11.2. The predicted octanol–water partition coefficient (Wildman–Crippen LogP) is 5.06. The van der Waals surface area contributed by atoms with Gasteiger partial charge in [-0.25, -0.2) is 0 Å². The molecule has 0 fully saturated rings. The van der Waals surface area contributed by atoms with Gasteiger partial charge in [-0.15, -0.1) is 0 Å². The molecule has 0 saturated heterocycles. The largest absolute Gasteiger partial charge is 0.352 e. The molecule has 0 spiro atoms. The number of nitrogens with zero attached hydrogens (tertiary/aromatic N) is 2. The van der Waals surface area contributed by atoms with E-state index in [1.54, 1.807) is 6.20 Å². The molecule has 152 valence electrons. The first kappa shape index (κ1) is 21.0. The van der Waals surface area contributed by atoms with Gasteiger partial charge in [0.2, 0.25) is 0 Å². The van der Waals surface area contributed by atoms with Crippen molar-refractivity contribution in [2.45, 2.75) is 33.6 Å². The fraction of sp³-hybridized carbons (Fsp3) is 0.360. The van der Waals surface area contributed by atoms with Gasteiger partial charge in [-0.1, -0.05) is 62.4 Å². The number of carbonyl (C=O) groups is 1. The summed E-state index contributed by atoms with van der Waals surface area (Å²) in [5, 5.41) is 5.03. The number of amides is 1. The second-order valence-corrected chi connectivity index (χ2v) is 7.37. The zero-order chi connectivity index (χ0) is 20.6. The molecule has 2 aromatic carbocycles. The first-order valence-electron chi connectivity index (χ1n) is 10.6. The van der Waals surface area contributed by atoms with Gasteiger partial charge in [0.25, 0.3) is 5.91 Å². The lowest BCUT2D eigenvalue weighted by Crippen LogP contribution is -2.27. The van der Waals surface area contributed by atoms with Crippen molar-refractivity contribution in [1.82, 2.24) is 15.2 Å². The Labute approximate surface area is 174 Å². The van der Waals surface area contributed by atoms with Gasteiger partial charge in [-0.3, -0.25) is 9.78 Å². The van der Waals surface area contributed by atoms with Gasteiger partial charge >= 0.3 is 0 Å². The van der Waals surface area contributed by atoms with Crippen molar-refractivity contribution in [3.05, 3.63) is 65.9 Å². The number of hydrogen-bond acceptors (Lipinski definition) is 3. The fourth-order valence-electron chi connectivity index (χ4n) is 3.72. The molecule has 0 aliphatic rings. The number of nitrogens with one attached hydrogen (secondary N) is 1. The molecule has 1 N–H and O–H groups in total. The van der Waals surface area contributed by atoms with Crippen LogP contribution in [-0.2, 0) is 0 Å². The van der Waals surface area contributed by atoms with Gasteiger partial charge in [0.1, 0.15) is 0 Å². The predicted molar refractivity (Wildman–Crippen MR) is 121 cm³/mol. The van der Waals surface area contributed by atoms with Gasteiger partial charge in [-0.05, 0) is 50.3 Å². The van der Waals surface area contributed by atoms with Crippen molar-refractivity contribution < 1.29 is 4.79 Å². The number of pyridine rings is 1. The van der Waals surface area contributed by atoms with Crippen molar-refractivity contribution in [3.8, 4) is 11.3 Å². The van der Waals surface area contributed by atoms with E-state index in [2.05, 4.69) is 48.1 Å². The average molecular weight is 390 g/mol. The summed E-state index contributed by atoms with van der Waals surface area (Å²) >= 11 is 0. The van der Waals surface area contributed by atoms with E-state index in [9.17, 15) is 4.79 Å². The molecule has 0 saturated carbocycles. The van der Waals surface area contributed by atoms with Crippen LogP contribution in [0.3, 0.4) is 0 Å². The standard InChI is InChI=1S/C25H31N3O/c1-4-28(5-2)17-11-10-16-26-25(29)23-18-27-24(20-13-7-6-12-19(20)3)22-15-9-8-14-21(22)23/h6-9,12-15,18H,4-5,10-11,16-17H2,1-3H3,(H,26,29). The minimum absolute atomic E-state index is 0.0483.